The van der Waals surface area contributed by atoms with Gasteiger partial charge in [0.25, 0.3) is 0 Å². The summed E-state index contributed by atoms with van der Waals surface area (Å²) in [6.45, 7) is 3.38. The zero-order valence-corrected chi connectivity index (χ0v) is 12.7. The molecule has 3 rings (SSSR count). The van der Waals surface area contributed by atoms with Crippen LogP contribution in [0.5, 0.6) is 0 Å². The van der Waals surface area contributed by atoms with Gasteiger partial charge in [-0.25, -0.2) is 4.98 Å². The Balaban J connectivity index is 1.81. The first-order chi connectivity index (χ1) is 8.24. The molecular weight excluding hydrogens is 346 g/mol. The summed E-state index contributed by atoms with van der Waals surface area (Å²) in [5, 5.41) is 3.62. The summed E-state index contributed by atoms with van der Waals surface area (Å²) in [7, 11) is 0. The summed E-state index contributed by atoms with van der Waals surface area (Å²) in [5.74, 6) is 1.87. The van der Waals surface area contributed by atoms with Gasteiger partial charge < -0.3 is 10.2 Å². The average molecular weight is 361 g/mol. The van der Waals surface area contributed by atoms with Gasteiger partial charge in [0.15, 0.2) is 0 Å². The second-order valence-electron chi connectivity index (χ2n) is 4.83. The second kappa shape index (κ2) is 4.86. The minimum Gasteiger partial charge on any atom is -0.354 e. The van der Waals surface area contributed by atoms with Crippen LogP contribution in [0.4, 0.5) is 5.82 Å². The van der Waals surface area contributed by atoms with Crippen molar-refractivity contribution in [1.29, 1.82) is 0 Å². The van der Waals surface area contributed by atoms with E-state index in [4.69, 9.17) is 0 Å². The van der Waals surface area contributed by atoms with Gasteiger partial charge in [0.1, 0.15) is 5.82 Å². The van der Waals surface area contributed by atoms with Crippen LogP contribution in [0.15, 0.2) is 21.2 Å². The Morgan fingerprint density at radius 2 is 2.24 bits per heavy atom. The Bertz CT molecular complexity index is 410. The monoisotopic (exact) mass is 359 g/mol. The van der Waals surface area contributed by atoms with Crippen LogP contribution in [-0.4, -0.2) is 30.7 Å². The Labute approximate surface area is 118 Å². The lowest BCUT2D eigenvalue weighted by molar-refractivity contribution is 0.340. The van der Waals surface area contributed by atoms with Gasteiger partial charge in [-0.3, -0.25) is 0 Å². The van der Waals surface area contributed by atoms with Gasteiger partial charge in [-0.2, -0.15) is 0 Å². The fourth-order valence-electron chi connectivity index (χ4n) is 2.86. The summed E-state index contributed by atoms with van der Waals surface area (Å²) in [6, 6.07) is 2.72. The van der Waals surface area contributed by atoms with Crippen LogP contribution in [0.2, 0.25) is 0 Å². The number of halogens is 2. The summed E-state index contributed by atoms with van der Waals surface area (Å²) in [4.78, 5) is 6.92. The second-order valence-corrected chi connectivity index (χ2v) is 6.60. The largest absolute Gasteiger partial charge is 0.354 e. The zero-order valence-electron chi connectivity index (χ0n) is 9.50. The van der Waals surface area contributed by atoms with Gasteiger partial charge in [0, 0.05) is 29.8 Å². The average Bonchev–Trinajstić information content (AvgIpc) is 2.72. The van der Waals surface area contributed by atoms with Gasteiger partial charge >= 0.3 is 0 Å². The van der Waals surface area contributed by atoms with Crippen molar-refractivity contribution in [3.63, 3.8) is 0 Å². The van der Waals surface area contributed by atoms with Crippen LogP contribution in [-0.2, 0) is 0 Å². The number of hydrogen-bond donors (Lipinski definition) is 1. The van der Waals surface area contributed by atoms with E-state index in [1.807, 2.05) is 6.20 Å². The molecule has 5 heteroatoms. The standard InChI is InChI=1S/C12H15Br2N3/c13-9-4-10(14)12(16-5-9)17-6-8-2-1-3-15-11(8)7-17/h4-5,8,11,15H,1-3,6-7H2/t8-,11+/m0/s1. The van der Waals surface area contributed by atoms with Crippen molar-refractivity contribution in [3.05, 3.63) is 21.2 Å². The summed E-state index contributed by atoms with van der Waals surface area (Å²) < 4.78 is 2.09. The molecule has 92 valence electrons. The van der Waals surface area contributed by atoms with Gasteiger partial charge in [-0.05, 0) is 63.2 Å². The van der Waals surface area contributed by atoms with Crippen LogP contribution in [0.25, 0.3) is 0 Å². The molecule has 0 unspecified atom stereocenters. The Kier molecular flexibility index (Phi) is 3.41. The van der Waals surface area contributed by atoms with Gasteiger partial charge in [-0.15, -0.1) is 0 Å². The highest BCUT2D eigenvalue weighted by Gasteiger charge is 2.35. The van der Waals surface area contributed by atoms with Crippen molar-refractivity contribution >= 4 is 37.7 Å². The van der Waals surface area contributed by atoms with Crippen LogP contribution in [0, 0.1) is 5.92 Å². The topological polar surface area (TPSA) is 28.2 Å². The van der Waals surface area contributed by atoms with E-state index in [-0.39, 0.29) is 0 Å². The van der Waals surface area contributed by atoms with Crippen LogP contribution in [0.1, 0.15) is 12.8 Å². The molecule has 0 bridgehead atoms. The van der Waals surface area contributed by atoms with E-state index in [0.717, 1.165) is 33.8 Å². The van der Waals surface area contributed by atoms with Crippen LogP contribution < -0.4 is 10.2 Å². The van der Waals surface area contributed by atoms with E-state index in [9.17, 15) is 0 Å². The van der Waals surface area contributed by atoms with Crippen molar-refractivity contribution in [2.75, 3.05) is 24.5 Å². The molecule has 0 aromatic carbocycles. The Morgan fingerprint density at radius 1 is 1.35 bits per heavy atom. The van der Waals surface area contributed by atoms with Crippen molar-refractivity contribution in [2.24, 2.45) is 5.92 Å². The molecule has 2 aliphatic heterocycles. The maximum Gasteiger partial charge on any atom is 0.143 e. The fraction of sp³-hybridized carbons (Fsp3) is 0.583. The predicted molar refractivity (Wildman–Crippen MR) is 76.4 cm³/mol. The molecular formula is C12H15Br2N3. The van der Waals surface area contributed by atoms with Gasteiger partial charge in [-0.1, -0.05) is 0 Å². The Morgan fingerprint density at radius 3 is 3.00 bits per heavy atom. The lowest BCUT2D eigenvalue weighted by atomic mass is 9.94. The molecule has 0 spiro atoms. The SMILES string of the molecule is Brc1cnc(N2C[C@@H]3CCCN[C@@H]3C2)c(Br)c1. The van der Waals surface area contributed by atoms with E-state index in [1.54, 1.807) is 0 Å². The minimum absolute atomic E-state index is 0.654. The molecule has 0 radical (unpaired) electrons. The molecule has 17 heavy (non-hydrogen) atoms. The third-order valence-corrected chi connectivity index (χ3v) is 4.70. The molecule has 2 saturated heterocycles. The lowest BCUT2D eigenvalue weighted by Gasteiger charge is -2.24. The highest BCUT2D eigenvalue weighted by Crippen LogP contribution is 2.33. The van der Waals surface area contributed by atoms with Crippen molar-refractivity contribution < 1.29 is 0 Å². The normalized spacial score (nSPS) is 28.2. The van der Waals surface area contributed by atoms with E-state index in [1.165, 1.54) is 19.4 Å². The van der Waals surface area contributed by atoms with E-state index < -0.39 is 0 Å². The predicted octanol–water partition coefficient (Wildman–Crippen LogP) is 2.79. The fourth-order valence-corrected chi connectivity index (χ4v) is 4.10. The number of fused-ring (bicyclic) bond motifs is 1. The van der Waals surface area contributed by atoms with Crippen LogP contribution >= 0.6 is 31.9 Å². The smallest absolute Gasteiger partial charge is 0.143 e. The molecule has 2 atom stereocenters. The van der Waals surface area contributed by atoms with Gasteiger partial charge in [0.2, 0.25) is 0 Å². The lowest BCUT2D eigenvalue weighted by Crippen LogP contribution is -2.40. The number of nitrogens with one attached hydrogen (secondary N) is 1. The highest BCUT2D eigenvalue weighted by atomic mass is 79.9. The first-order valence-electron chi connectivity index (χ1n) is 6.03. The molecule has 2 aliphatic rings. The third-order valence-electron chi connectivity index (χ3n) is 3.69. The molecule has 1 aromatic rings. The van der Waals surface area contributed by atoms with Crippen molar-refractivity contribution in [3.8, 4) is 0 Å². The molecule has 3 nitrogen and oxygen atoms in total. The molecule has 0 saturated carbocycles. The number of nitrogens with zero attached hydrogens (tertiary/aromatic N) is 2. The molecule has 1 aromatic heterocycles. The van der Waals surface area contributed by atoms with Crippen molar-refractivity contribution in [1.82, 2.24) is 10.3 Å². The minimum atomic E-state index is 0.654. The third kappa shape index (κ3) is 2.37. The Hall–Kier alpha value is -0.130. The maximum atomic E-state index is 4.52. The number of pyridine rings is 1. The number of aromatic nitrogens is 1. The highest BCUT2D eigenvalue weighted by molar-refractivity contribution is 9.11. The zero-order chi connectivity index (χ0) is 11.8. The molecule has 1 N–H and O–H groups in total. The number of piperidine rings is 1. The molecule has 3 heterocycles. The summed E-state index contributed by atoms with van der Waals surface area (Å²) in [6.07, 6.45) is 4.53. The van der Waals surface area contributed by atoms with Crippen LogP contribution in [0.3, 0.4) is 0 Å². The maximum absolute atomic E-state index is 4.52. The van der Waals surface area contributed by atoms with E-state index in [0.29, 0.717) is 6.04 Å². The van der Waals surface area contributed by atoms with E-state index >= 15 is 0 Å². The first-order valence-corrected chi connectivity index (χ1v) is 7.62. The molecule has 2 fully saturated rings. The van der Waals surface area contributed by atoms with E-state index in [2.05, 4.69) is 53.1 Å². The first kappa shape index (κ1) is 11.9. The van der Waals surface area contributed by atoms with Gasteiger partial charge in [0.05, 0.1) is 4.47 Å². The summed E-state index contributed by atoms with van der Waals surface area (Å²) in [5.41, 5.74) is 0. The number of hydrogen-bond acceptors (Lipinski definition) is 3. The van der Waals surface area contributed by atoms with Crippen molar-refractivity contribution in [2.45, 2.75) is 18.9 Å². The molecule has 0 amide bonds. The summed E-state index contributed by atoms with van der Waals surface area (Å²) >= 11 is 7.04. The number of rotatable bonds is 1. The quantitative estimate of drug-likeness (QED) is 0.834. The number of anilines is 1. The molecule has 0 aliphatic carbocycles.